The van der Waals surface area contributed by atoms with Crippen molar-refractivity contribution < 1.29 is 19.4 Å². The molecule has 1 amide bonds. The highest BCUT2D eigenvalue weighted by molar-refractivity contribution is 5.94. The lowest BCUT2D eigenvalue weighted by molar-refractivity contribution is -0.142. The molecule has 2 fully saturated rings. The first-order valence-corrected chi connectivity index (χ1v) is 7.12. The molecule has 21 heavy (non-hydrogen) atoms. The highest BCUT2D eigenvalue weighted by atomic mass is 16.5. The summed E-state index contributed by atoms with van der Waals surface area (Å²) in [6.45, 7) is 0.827. The van der Waals surface area contributed by atoms with Gasteiger partial charge in [0.05, 0.1) is 18.6 Å². The van der Waals surface area contributed by atoms with Crippen molar-refractivity contribution in [2.75, 3.05) is 20.2 Å². The van der Waals surface area contributed by atoms with Crippen LogP contribution in [0.25, 0.3) is 0 Å². The van der Waals surface area contributed by atoms with Gasteiger partial charge in [-0.3, -0.25) is 9.59 Å². The van der Waals surface area contributed by atoms with E-state index in [9.17, 15) is 14.7 Å². The molecule has 0 unspecified atom stereocenters. The Hall–Kier alpha value is -2.11. The molecule has 0 bridgehead atoms. The molecule has 0 radical (unpaired) electrons. The second kappa shape index (κ2) is 5.35. The van der Waals surface area contributed by atoms with Crippen LogP contribution in [0.15, 0.2) is 18.3 Å². The lowest BCUT2D eigenvalue weighted by atomic mass is 9.92. The van der Waals surface area contributed by atoms with E-state index in [0.717, 1.165) is 12.8 Å². The topological polar surface area (TPSA) is 79.7 Å². The van der Waals surface area contributed by atoms with Crippen LogP contribution in [0.2, 0.25) is 0 Å². The standard InChI is InChI=1S/C15H18N2O4/c1-21-13-5-4-10(6-16-13)14(18)17-7-11(9-2-3-9)12(8-17)15(19)20/h4-6,9,11-12H,2-3,7-8H2,1H3,(H,19,20)/t11-,12+/m1/s1. The van der Waals surface area contributed by atoms with Crippen LogP contribution < -0.4 is 4.74 Å². The van der Waals surface area contributed by atoms with Crippen LogP contribution in [-0.4, -0.2) is 47.1 Å². The Balaban J connectivity index is 1.74. The minimum absolute atomic E-state index is 0.0951. The maximum absolute atomic E-state index is 12.5. The van der Waals surface area contributed by atoms with Gasteiger partial charge in [0, 0.05) is 25.4 Å². The number of hydrogen-bond donors (Lipinski definition) is 1. The van der Waals surface area contributed by atoms with E-state index in [2.05, 4.69) is 4.98 Å². The average Bonchev–Trinajstić information content (AvgIpc) is 3.25. The molecule has 1 aromatic heterocycles. The summed E-state index contributed by atoms with van der Waals surface area (Å²) in [5, 5.41) is 9.33. The van der Waals surface area contributed by atoms with Crippen molar-refractivity contribution >= 4 is 11.9 Å². The number of aliphatic carboxylic acids is 1. The van der Waals surface area contributed by atoms with Crippen LogP contribution >= 0.6 is 0 Å². The molecule has 3 rings (SSSR count). The van der Waals surface area contributed by atoms with Crippen LogP contribution in [0.4, 0.5) is 0 Å². The maximum atomic E-state index is 12.5. The van der Waals surface area contributed by atoms with E-state index in [-0.39, 0.29) is 11.8 Å². The Morgan fingerprint density at radius 3 is 2.62 bits per heavy atom. The molecule has 2 heterocycles. The predicted octanol–water partition coefficient (Wildman–Crippen LogP) is 1.27. The number of carbonyl (C=O) groups is 2. The fourth-order valence-electron chi connectivity index (χ4n) is 3.07. The van der Waals surface area contributed by atoms with Gasteiger partial charge in [-0.15, -0.1) is 0 Å². The van der Waals surface area contributed by atoms with Crippen molar-refractivity contribution in [1.82, 2.24) is 9.88 Å². The number of carboxylic acid groups (broad SMARTS) is 1. The van der Waals surface area contributed by atoms with Gasteiger partial charge in [-0.05, 0) is 30.7 Å². The molecule has 1 aliphatic carbocycles. The first-order chi connectivity index (χ1) is 10.1. The van der Waals surface area contributed by atoms with Gasteiger partial charge in [-0.2, -0.15) is 0 Å². The van der Waals surface area contributed by atoms with Gasteiger partial charge in [0.1, 0.15) is 0 Å². The first kappa shape index (κ1) is 13.9. The molecule has 2 aliphatic rings. The number of methoxy groups -OCH3 is 1. The zero-order valence-corrected chi connectivity index (χ0v) is 11.9. The number of carboxylic acids is 1. The zero-order valence-electron chi connectivity index (χ0n) is 11.9. The molecule has 1 N–H and O–H groups in total. The van der Waals surface area contributed by atoms with Gasteiger partial charge in [0.2, 0.25) is 5.88 Å². The van der Waals surface area contributed by atoms with Crippen LogP contribution in [0.3, 0.4) is 0 Å². The van der Waals surface area contributed by atoms with Crippen molar-refractivity contribution in [3.63, 3.8) is 0 Å². The number of likely N-dealkylation sites (tertiary alicyclic amines) is 1. The molecule has 1 aromatic rings. The van der Waals surface area contributed by atoms with E-state index in [0.29, 0.717) is 30.5 Å². The smallest absolute Gasteiger partial charge is 0.308 e. The van der Waals surface area contributed by atoms with Gasteiger partial charge < -0.3 is 14.7 Å². The minimum atomic E-state index is -0.796. The van der Waals surface area contributed by atoms with Crippen molar-refractivity contribution in [2.45, 2.75) is 12.8 Å². The molecule has 1 saturated heterocycles. The highest BCUT2D eigenvalue weighted by Gasteiger charge is 2.46. The summed E-state index contributed by atoms with van der Waals surface area (Å²) >= 11 is 0. The minimum Gasteiger partial charge on any atom is -0.481 e. The van der Waals surface area contributed by atoms with Crippen molar-refractivity contribution in [1.29, 1.82) is 0 Å². The largest absolute Gasteiger partial charge is 0.481 e. The van der Waals surface area contributed by atoms with E-state index in [1.54, 1.807) is 17.0 Å². The second-order valence-electron chi connectivity index (χ2n) is 5.75. The molecule has 2 atom stereocenters. The van der Waals surface area contributed by atoms with Crippen molar-refractivity contribution in [2.24, 2.45) is 17.8 Å². The SMILES string of the molecule is COc1ccc(C(=O)N2C[C@H](C(=O)O)[C@@H](C3CC3)C2)cn1. The molecule has 6 nitrogen and oxygen atoms in total. The van der Waals surface area contributed by atoms with E-state index in [4.69, 9.17) is 4.74 Å². The van der Waals surface area contributed by atoms with Gasteiger partial charge in [0.15, 0.2) is 0 Å². The van der Waals surface area contributed by atoms with Crippen LogP contribution in [0.1, 0.15) is 23.2 Å². The third-order valence-electron chi connectivity index (χ3n) is 4.39. The Labute approximate surface area is 122 Å². The molecule has 0 aromatic carbocycles. The Morgan fingerprint density at radius 1 is 1.33 bits per heavy atom. The molecule has 6 heteroatoms. The fourth-order valence-corrected chi connectivity index (χ4v) is 3.07. The summed E-state index contributed by atoms with van der Waals surface area (Å²) in [5.41, 5.74) is 0.469. The van der Waals surface area contributed by atoms with Crippen molar-refractivity contribution in [3.05, 3.63) is 23.9 Å². The molecular formula is C15H18N2O4. The number of rotatable bonds is 4. The molecule has 1 aliphatic heterocycles. The average molecular weight is 290 g/mol. The third-order valence-corrected chi connectivity index (χ3v) is 4.39. The number of aromatic nitrogens is 1. The maximum Gasteiger partial charge on any atom is 0.308 e. The quantitative estimate of drug-likeness (QED) is 0.903. The molecule has 112 valence electrons. The van der Waals surface area contributed by atoms with Gasteiger partial charge in [-0.25, -0.2) is 4.98 Å². The summed E-state index contributed by atoms with van der Waals surface area (Å²) in [6, 6.07) is 3.30. The number of pyridine rings is 1. The Kier molecular flexibility index (Phi) is 3.53. The molecule has 0 spiro atoms. The first-order valence-electron chi connectivity index (χ1n) is 7.12. The van der Waals surface area contributed by atoms with Crippen LogP contribution in [0, 0.1) is 17.8 Å². The summed E-state index contributed by atoms with van der Waals surface area (Å²) < 4.78 is 4.97. The van der Waals surface area contributed by atoms with Gasteiger partial charge in [0.25, 0.3) is 5.91 Å². The Bertz CT molecular complexity index is 553. The van der Waals surface area contributed by atoms with E-state index in [1.807, 2.05) is 0 Å². The van der Waals surface area contributed by atoms with Gasteiger partial charge >= 0.3 is 5.97 Å². The number of hydrogen-bond acceptors (Lipinski definition) is 4. The fraction of sp³-hybridized carbons (Fsp3) is 0.533. The molecule has 1 saturated carbocycles. The third kappa shape index (κ3) is 2.70. The lowest BCUT2D eigenvalue weighted by Gasteiger charge is -2.16. The monoisotopic (exact) mass is 290 g/mol. The lowest BCUT2D eigenvalue weighted by Crippen LogP contribution is -2.30. The van der Waals surface area contributed by atoms with Gasteiger partial charge in [-0.1, -0.05) is 0 Å². The van der Waals surface area contributed by atoms with E-state index < -0.39 is 11.9 Å². The van der Waals surface area contributed by atoms with E-state index >= 15 is 0 Å². The summed E-state index contributed by atoms with van der Waals surface area (Å²) in [4.78, 5) is 29.5. The number of carbonyl (C=O) groups excluding carboxylic acids is 1. The van der Waals surface area contributed by atoms with Crippen LogP contribution in [-0.2, 0) is 4.79 Å². The normalized spacial score (nSPS) is 24.9. The van der Waals surface area contributed by atoms with Crippen LogP contribution in [0.5, 0.6) is 5.88 Å². The van der Waals surface area contributed by atoms with Crippen molar-refractivity contribution in [3.8, 4) is 5.88 Å². The molecular weight excluding hydrogens is 272 g/mol. The number of amides is 1. The second-order valence-corrected chi connectivity index (χ2v) is 5.75. The predicted molar refractivity (Wildman–Crippen MR) is 74.0 cm³/mol. The highest BCUT2D eigenvalue weighted by Crippen LogP contribution is 2.44. The summed E-state index contributed by atoms with van der Waals surface area (Å²) in [5.74, 6) is -0.370. The number of nitrogens with zero attached hydrogens (tertiary/aromatic N) is 2. The summed E-state index contributed by atoms with van der Waals surface area (Å²) in [7, 11) is 1.52. The Morgan fingerprint density at radius 2 is 2.10 bits per heavy atom. The zero-order chi connectivity index (χ0) is 15.0. The summed E-state index contributed by atoms with van der Waals surface area (Å²) in [6.07, 6.45) is 3.64. The number of ether oxygens (including phenoxy) is 1. The van der Waals surface area contributed by atoms with E-state index in [1.165, 1.54) is 13.3 Å².